The van der Waals surface area contributed by atoms with Gasteiger partial charge in [-0.15, -0.1) is 0 Å². The zero-order valence-corrected chi connectivity index (χ0v) is 12.5. The molecule has 0 aliphatic heterocycles. The standard InChI is InChI=1S/C16H19N5/c1-10(17)9-14(18)20-15-11(2)12(3)19-16(21-15)13-7-5-4-6-8-13/h4-9H,17H2,1-3H3,(H2,18,19,20,21)/b10-9-. The number of rotatable bonds is 3. The van der Waals surface area contributed by atoms with Crippen LogP contribution in [0.5, 0.6) is 0 Å². The molecule has 0 aliphatic rings. The molecule has 1 aromatic carbocycles. The van der Waals surface area contributed by atoms with Gasteiger partial charge in [0.25, 0.3) is 0 Å². The maximum absolute atomic E-state index is 5.85. The number of hydrogen-bond donors (Lipinski definition) is 2. The fraction of sp³-hybridized carbons (Fsp3) is 0.188. The van der Waals surface area contributed by atoms with Crippen LogP contribution < -0.4 is 11.5 Å². The Balaban J connectivity index is 2.52. The van der Waals surface area contributed by atoms with Crippen molar-refractivity contribution in [3.63, 3.8) is 0 Å². The summed E-state index contributed by atoms with van der Waals surface area (Å²) < 4.78 is 0. The molecule has 4 N–H and O–H groups in total. The number of hydrogen-bond acceptors (Lipinski definition) is 4. The Morgan fingerprint density at radius 1 is 1.10 bits per heavy atom. The molecule has 2 rings (SSSR count). The van der Waals surface area contributed by atoms with Crippen LogP contribution in [0.3, 0.4) is 0 Å². The predicted octanol–water partition coefficient (Wildman–Crippen LogP) is 2.61. The van der Waals surface area contributed by atoms with E-state index in [2.05, 4.69) is 15.0 Å². The van der Waals surface area contributed by atoms with Gasteiger partial charge >= 0.3 is 0 Å². The van der Waals surface area contributed by atoms with Crippen molar-refractivity contribution in [3.05, 3.63) is 53.4 Å². The second-order valence-corrected chi connectivity index (χ2v) is 4.87. The van der Waals surface area contributed by atoms with Gasteiger partial charge in [0.05, 0.1) is 0 Å². The Kier molecular flexibility index (Phi) is 4.33. The number of aliphatic imine (C=N–C) groups is 1. The van der Waals surface area contributed by atoms with Crippen molar-refractivity contribution in [1.82, 2.24) is 9.97 Å². The number of amidine groups is 1. The molecule has 1 heterocycles. The van der Waals surface area contributed by atoms with E-state index in [9.17, 15) is 0 Å². The summed E-state index contributed by atoms with van der Waals surface area (Å²) in [7, 11) is 0. The molecule has 2 aromatic rings. The van der Waals surface area contributed by atoms with E-state index in [1.165, 1.54) is 0 Å². The van der Waals surface area contributed by atoms with E-state index in [-0.39, 0.29) is 0 Å². The van der Waals surface area contributed by atoms with E-state index in [0.29, 0.717) is 23.2 Å². The molecule has 21 heavy (non-hydrogen) atoms. The smallest absolute Gasteiger partial charge is 0.161 e. The van der Waals surface area contributed by atoms with Gasteiger partial charge in [-0.2, -0.15) is 0 Å². The first-order valence-corrected chi connectivity index (χ1v) is 6.66. The van der Waals surface area contributed by atoms with Crippen LogP contribution in [0.1, 0.15) is 18.2 Å². The molecule has 108 valence electrons. The number of nitrogens with zero attached hydrogens (tertiary/aromatic N) is 3. The Hall–Kier alpha value is -2.69. The lowest BCUT2D eigenvalue weighted by Crippen LogP contribution is -2.10. The first-order valence-electron chi connectivity index (χ1n) is 6.66. The Labute approximate surface area is 124 Å². The van der Waals surface area contributed by atoms with E-state index in [0.717, 1.165) is 16.8 Å². The van der Waals surface area contributed by atoms with Gasteiger partial charge in [-0.1, -0.05) is 30.3 Å². The SMILES string of the molecule is C/C(N)=C/C(N)=Nc1nc(-c2ccccc2)nc(C)c1C. The van der Waals surface area contributed by atoms with Crippen molar-refractivity contribution in [1.29, 1.82) is 0 Å². The molecule has 0 spiro atoms. The maximum Gasteiger partial charge on any atom is 0.161 e. The molecule has 0 fully saturated rings. The van der Waals surface area contributed by atoms with Crippen molar-refractivity contribution in [2.45, 2.75) is 20.8 Å². The number of aryl methyl sites for hydroxylation is 1. The highest BCUT2D eigenvalue weighted by atomic mass is 15.0. The minimum Gasteiger partial charge on any atom is -0.402 e. The lowest BCUT2D eigenvalue weighted by atomic mass is 10.2. The van der Waals surface area contributed by atoms with Crippen molar-refractivity contribution >= 4 is 11.7 Å². The zero-order valence-electron chi connectivity index (χ0n) is 12.5. The molecule has 0 bridgehead atoms. The van der Waals surface area contributed by atoms with E-state index in [4.69, 9.17) is 11.5 Å². The van der Waals surface area contributed by atoms with Crippen LogP contribution in [-0.4, -0.2) is 15.8 Å². The number of allylic oxidation sites excluding steroid dienone is 1. The van der Waals surface area contributed by atoms with E-state index < -0.39 is 0 Å². The van der Waals surface area contributed by atoms with Crippen LogP contribution in [-0.2, 0) is 0 Å². The summed E-state index contributed by atoms with van der Waals surface area (Å²) in [5, 5.41) is 0. The lowest BCUT2D eigenvalue weighted by molar-refractivity contribution is 1.06. The molecule has 0 amide bonds. The van der Waals surface area contributed by atoms with Gasteiger partial charge in [0.2, 0.25) is 0 Å². The topological polar surface area (TPSA) is 90.2 Å². The first kappa shape index (κ1) is 14.7. The van der Waals surface area contributed by atoms with Crippen LogP contribution in [0.25, 0.3) is 11.4 Å². The minimum atomic E-state index is 0.329. The second kappa shape index (κ2) is 6.17. The lowest BCUT2D eigenvalue weighted by Gasteiger charge is -2.07. The number of benzene rings is 1. The van der Waals surface area contributed by atoms with Crippen molar-refractivity contribution in [2.24, 2.45) is 16.5 Å². The maximum atomic E-state index is 5.85. The first-order chi connectivity index (χ1) is 9.97. The largest absolute Gasteiger partial charge is 0.402 e. The molecule has 0 aliphatic carbocycles. The van der Waals surface area contributed by atoms with Crippen molar-refractivity contribution in [2.75, 3.05) is 0 Å². The molecule has 5 heteroatoms. The van der Waals surface area contributed by atoms with Crippen LogP contribution in [0, 0.1) is 13.8 Å². The van der Waals surface area contributed by atoms with E-state index >= 15 is 0 Å². The summed E-state index contributed by atoms with van der Waals surface area (Å²) in [5.41, 5.74) is 14.8. The Morgan fingerprint density at radius 3 is 2.38 bits per heavy atom. The van der Waals surface area contributed by atoms with Crippen molar-refractivity contribution < 1.29 is 0 Å². The van der Waals surface area contributed by atoms with Crippen LogP contribution >= 0.6 is 0 Å². The van der Waals surface area contributed by atoms with Gasteiger partial charge in [0.15, 0.2) is 11.6 Å². The van der Waals surface area contributed by atoms with Gasteiger partial charge in [-0.3, -0.25) is 0 Å². The van der Waals surface area contributed by atoms with Gasteiger partial charge in [0, 0.05) is 22.5 Å². The molecule has 5 nitrogen and oxygen atoms in total. The number of aromatic nitrogens is 2. The average molecular weight is 281 g/mol. The molecular weight excluding hydrogens is 262 g/mol. The predicted molar refractivity (Wildman–Crippen MR) is 86.2 cm³/mol. The summed E-state index contributed by atoms with van der Waals surface area (Å²) >= 11 is 0. The average Bonchev–Trinajstić information content (AvgIpc) is 2.43. The van der Waals surface area contributed by atoms with Crippen molar-refractivity contribution in [3.8, 4) is 11.4 Å². The summed E-state index contributed by atoms with van der Waals surface area (Å²) in [4.78, 5) is 13.3. The van der Waals surface area contributed by atoms with Crippen LogP contribution in [0.4, 0.5) is 5.82 Å². The van der Waals surface area contributed by atoms with Gasteiger partial charge in [-0.05, 0) is 26.8 Å². The quantitative estimate of drug-likeness (QED) is 0.668. The molecular formula is C16H19N5. The summed E-state index contributed by atoms with van der Waals surface area (Å²) in [6.45, 7) is 5.62. The fourth-order valence-corrected chi connectivity index (χ4v) is 1.83. The van der Waals surface area contributed by atoms with Crippen LogP contribution in [0.2, 0.25) is 0 Å². The highest BCUT2D eigenvalue weighted by Crippen LogP contribution is 2.23. The number of nitrogens with two attached hydrogens (primary N) is 2. The van der Waals surface area contributed by atoms with Gasteiger partial charge in [-0.25, -0.2) is 15.0 Å². The van der Waals surface area contributed by atoms with Gasteiger partial charge in [0.1, 0.15) is 5.84 Å². The molecule has 0 saturated heterocycles. The van der Waals surface area contributed by atoms with Crippen LogP contribution in [0.15, 0.2) is 47.1 Å². The molecule has 0 unspecified atom stereocenters. The normalized spacial score (nSPS) is 12.5. The summed E-state index contributed by atoms with van der Waals surface area (Å²) in [6.07, 6.45) is 1.61. The second-order valence-electron chi connectivity index (χ2n) is 4.87. The zero-order chi connectivity index (χ0) is 15.4. The Morgan fingerprint density at radius 2 is 1.76 bits per heavy atom. The van der Waals surface area contributed by atoms with Gasteiger partial charge < -0.3 is 11.5 Å². The molecule has 0 atom stereocenters. The molecule has 0 radical (unpaired) electrons. The van der Waals surface area contributed by atoms with E-state index in [1.807, 2.05) is 44.2 Å². The third-order valence-corrected chi connectivity index (χ3v) is 3.01. The highest BCUT2D eigenvalue weighted by molar-refractivity contribution is 5.93. The third kappa shape index (κ3) is 3.66. The molecule has 1 aromatic heterocycles. The summed E-state index contributed by atoms with van der Waals surface area (Å²) in [6, 6.07) is 9.78. The monoisotopic (exact) mass is 281 g/mol. The Bertz CT molecular complexity index is 698. The fourth-order valence-electron chi connectivity index (χ4n) is 1.83. The third-order valence-electron chi connectivity index (χ3n) is 3.01. The minimum absolute atomic E-state index is 0.329. The summed E-state index contributed by atoms with van der Waals surface area (Å²) in [5.74, 6) is 1.53. The van der Waals surface area contributed by atoms with E-state index in [1.54, 1.807) is 13.0 Å². The highest BCUT2D eigenvalue weighted by Gasteiger charge is 2.09. The molecule has 0 saturated carbocycles.